The largest absolute Gasteiger partial charge is 0.484 e. The highest BCUT2D eigenvalue weighted by atomic mass is 35.5. The van der Waals surface area contributed by atoms with Gasteiger partial charge in [0.25, 0.3) is 5.91 Å². The molecule has 0 unspecified atom stereocenters. The molecule has 160 valence electrons. The normalized spacial score (nSPS) is 16.7. The molecule has 1 heterocycles. The Labute approximate surface area is 182 Å². The SMILES string of the molecule is C[C@@H](C(=O)NC[C@H]1CCCO1)N(Cc1ccc(Cl)cc1)C(=O)COc1ccccc1. The average Bonchev–Trinajstić information content (AvgIpc) is 3.29. The third-order valence-corrected chi connectivity index (χ3v) is 5.32. The molecule has 1 aliphatic heterocycles. The van der Waals surface area contributed by atoms with Gasteiger partial charge in [0, 0.05) is 24.7 Å². The zero-order valence-electron chi connectivity index (χ0n) is 17.1. The van der Waals surface area contributed by atoms with Gasteiger partial charge >= 0.3 is 0 Å². The number of benzene rings is 2. The molecule has 0 aliphatic carbocycles. The first-order valence-corrected chi connectivity index (χ1v) is 10.5. The van der Waals surface area contributed by atoms with Gasteiger partial charge in [-0.15, -0.1) is 0 Å². The predicted octanol–water partition coefficient (Wildman–Crippen LogP) is 3.43. The first-order valence-electron chi connectivity index (χ1n) is 10.1. The van der Waals surface area contributed by atoms with Crippen LogP contribution in [0.4, 0.5) is 0 Å². The van der Waals surface area contributed by atoms with Crippen LogP contribution < -0.4 is 10.1 Å². The van der Waals surface area contributed by atoms with Crippen LogP contribution in [0.2, 0.25) is 5.02 Å². The summed E-state index contributed by atoms with van der Waals surface area (Å²) in [5.41, 5.74) is 0.881. The van der Waals surface area contributed by atoms with Gasteiger partial charge in [0.1, 0.15) is 11.8 Å². The number of carbonyl (C=O) groups excluding carboxylic acids is 2. The summed E-state index contributed by atoms with van der Waals surface area (Å²) in [6.45, 7) is 3.03. The maximum Gasteiger partial charge on any atom is 0.261 e. The highest BCUT2D eigenvalue weighted by Crippen LogP contribution is 2.15. The molecule has 0 bridgehead atoms. The van der Waals surface area contributed by atoms with Crippen LogP contribution in [0.15, 0.2) is 54.6 Å². The van der Waals surface area contributed by atoms with E-state index in [2.05, 4.69) is 5.32 Å². The van der Waals surface area contributed by atoms with Gasteiger partial charge in [-0.2, -0.15) is 0 Å². The molecule has 1 aliphatic rings. The summed E-state index contributed by atoms with van der Waals surface area (Å²) in [6.07, 6.45) is 1.99. The third kappa shape index (κ3) is 6.47. The van der Waals surface area contributed by atoms with E-state index in [1.54, 1.807) is 31.2 Å². The highest BCUT2D eigenvalue weighted by Gasteiger charge is 2.27. The van der Waals surface area contributed by atoms with Gasteiger partial charge in [-0.05, 0) is 49.6 Å². The van der Waals surface area contributed by atoms with Crippen LogP contribution in [-0.2, 0) is 20.9 Å². The van der Waals surface area contributed by atoms with Crippen molar-refractivity contribution < 1.29 is 19.1 Å². The van der Waals surface area contributed by atoms with Crippen molar-refractivity contribution in [2.45, 2.75) is 38.5 Å². The number of ether oxygens (including phenoxy) is 2. The number of carbonyl (C=O) groups is 2. The van der Waals surface area contributed by atoms with Crippen LogP contribution in [0, 0.1) is 0 Å². The van der Waals surface area contributed by atoms with Crippen molar-refractivity contribution in [1.82, 2.24) is 10.2 Å². The lowest BCUT2D eigenvalue weighted by atomic mass is 10.1. The number of hydrogen-bond donors (Lipinski definition) is 1. The molecule has 1 saturated heterocycles. The summed E-state index contributed by atoms with van der Waals surface area (Å²) in [5, 5.41) is 3.53. The molecule has 0 spiro atoms. The van der Waals surface area contributed by atoms with E-state index in [0.29, 0.717) is 17.3 Å². The predicted molar refractivity (Wildman–Crippen MR) is 115 cm³/mol. The smallest absolute Gasteiger partial charge is 0.261 e. The summed E-state index contributed by atoms with van der Waals surface area (Å²) in [5.74, 6) is 0.119. The second-order valence-corrected chi connectivity index (χ2v) is 7.74. The van der Waals surface area contributed by atoms with Crippen LogP contribution in [0.25, 0.3) is 0 Å². The summed E-state index contributed by atoms with van der Waals surface area (Å²) in [4.78, 5) is 27.2. The van der Waals surface area contributed by atoms with Crippen molar-refractivity contribution in [1.29, 1.82) is 0 Å². The zero-order chi connectivity index (χ0) is 21.3. The fraction of sp³-hybridized carbons (Fsp3) is 0.391. The Hall–Kier alpha value is -2.57. The zero-order valence-corrected chi connectivity index (χ0v) is 17.8. The van der Waals surface area contributed by atoms with Gasteiger partial charge < -0.3 is 19.7 Å². The van der Waals surface area contributed by atoms with Crippen molar-refractivity contribution in [2.75, 3.05) is 19.8 Å². The molecule has 3 rings (SSSR count). The number of para-hydroxylation sites is 1. The van der Waals surface area contributed by atoms with Crippen LogP contribution in [0.3, 0.4) is 0 Å². The molecule has 1 fully saturated rings. The van der Waals surface area contributed by atoms with Crippen molar-refractivity contribution >= 4 is 23.4 Å². The number of amides is 2. The maximum atomic E-state index is 13.0. The Kier molecular flexibility index (Phi) is 8.11. The minimum absolute atomic E-state index is 0.0444. The van der Waals surface area contributed by atoms with Gasteiger partial charge in [-0.3, -0.25) is 9.59 Å². The van der Waals surface area contributed by atoms with E-state index in [-0.39, 0.29) is 31.1 Å². The van der Waals surface area contributed by atoms with E-state index in [4.69, 9.17) is 21.1 Å². The van der Waals surface area contributed by atoms with E-state index < -0.39 is 6.04 Å². The number of hydrogen-bond acceptors (Lipinski definition) is 4. The third-order valence-electron chi connectivity index (χ3n) is 5.07. The fourth-order valence-corrected chi connectivity index (χ4v) is 3.41. The topological polar surface area (TPSA) is 67.9 Å². The molecule has 7 heteroatoms. The van der Waals surface area contributed by atoms with E-state index >= 15 is 0 Å². The number of nitrogens with zero attached hydrogens (tertiary/aromatic N) is 1. The van der Waals surface area contributed by atoms with Crippen LogP contribution in [0.1, 0.15) is 25.3 Å². The minimum Gasteiger partial charge on any atom is -0.484 e. The van der Waals surface area contributed by atoms with Gasteiger partial charge in [0.05, 0.1) is 6.10 Å². The van der Waals surface area contributed by atoms with Crippen molar-refractivity contribution in [2.24, 2.45) is 0 Å². The average molecular weight is 431 g/mol. The van der Waals surface area contributed by atoms with Crippen LogP contribution >= 0.6 is 11.6 Å². The molecule has 2 aromatic carbocycles. The van der Waals surface area contributed by atoms with Crippen LogP contribution in [-0.4, -0.2) is 48.6 Å². The molecule has 6 nitrogen and oxygen atoms in total. The summed E-state index contributed by atoms with van der Waals surface area (Å²) in [7, 11) is 0. The quantitative estimate of drug-likeness (QED) is 0.661. The minimum atomic E-state index is -0.658. The summed E-state index contributed by atoms with van der Waals surface area (Å²) >= 11 is 5.97. The molecule has 0 aromatic heterocycles. The Morgan fingerprint density at radius 1 is 1.20 bits per heavy atom. The molecule has 2 aromatic rings. The number of rotatable bonds is 9. The van der Waals surface area contributed by atoms with Crippen molar-refractivity contribution in [3.63, 3.8) is 0 Å². The molecule has 2 atom stereocenters. The maximum absolute atomic E-state index is 13.0. The van der Waals surface area contributed by atoms with E-state index in [9.17, 15) is 9.59 Å². The lowest BCUT2D eigenvalue weighted by molar-refractivity contribution is -0.142. The molecular formula is C23H27ClN2O4. The molecule has 0 radical (unpaired) electrons. The number of nitrogens with one attached hydrogen (secondary N) is 1. The Morgan fingerprint density at radius 2 is 1.93 bits per heavy atom. The first-order chi connectivity index (χ1) is 14.5. The second kappa shape index (κ2) is 11.0. The van der Waals surface area contributed by atoms with Crippen molar-refractivity contribution in [3.05, 3.63) is 65.2 Å². The fourth-order valence-electron chi connectivity index (χ4n) is 3.28. The summed E-state index contributed by atoms with van der Waals surface area (Å²) < 4.78 is 11.2. The van der Waals surface area contributed by atoms with Gasteiger partial charge in [0.2, 0.25) is 5.91 Å². The highest BCUT2D eigenvalue weighted by molar-refractivity contribution is 6.30. The molecule has 2 amide bonds. The summed E-state index contributed by atoms with van der Waals surface area (Å²) in [6, 6.07) is 15.7. The lowest BCUT2D eigenvalue weighted by Gasteiger charge is -2.29. The Balaban J connectivity index is 1.65. The lowest BCUT2D eigenvalue weighted by Crippen LogP contribution is -2.50. The molecular weight excluding hydrogens is 404 g/mol. The van der Waals surface area contributed by atoms with Gasteiger partial charge in [0.15, 0.2) is 6.61 Å². The number of halogens is 1. The Morgan fingerprint density at radius 3 is 2.60 bits per heavy atom. The van der Waals surface area contributed by atoms with Crippen molar-refractivity contribution in [3.8, 4) is 5.75 Å². The first kappa shape index (κ1) is 22.1. The van der Waals surface area contributed by atoms with E-state index in [0.717, 1.165) is 25.0 Å². The monoisotopic (exact) mass is 430 g/mol. The standard InChI is InChI=1S/C23H27ClN2O4/c1-17(23(28)25-14-21-8-5-13-29-21)26(15-18-9-11-19(24)12-10-18)22(27)16-30-20-6-3-2-4-7-20/h2-4,6-7,9-12,17,21H,5,8,13-16H2,1H3,(H,25,28)/t17-,21+/m0/s1. The second-order valence-electron chi connectivity index (χ2n) is 7.31. The van der Waals surface area contributed by atoms with Gasteiger partial charge in [-0.1, -0.05) is 41.9 Å². The molecule has 1 N–H and O–H groups in total. The van der Waals surface area contributed by atoms with E-state index in [1.165, 1.54) is 4.90 Å². The molecule has 0 saturated carbocycles. The van der Waals surface area contributed by atoms with Gasteiger partial charge in [-0.25, -0.2) is 0 Å². The van der Waals surface area contributed by atoms with E-state index in [1.807, 2.05) is 30.3 Å². The Bertz CT molecular complexity index is 823. The molecule has 30 heavy (non-hydrogen) atoms. The van der Waals surface area contributed by atoms with Crippen LogP contribution in [0.5, 0.6) is 5.75 Å².